The number of benzene rings is 1. The fourth-order valence-corrected chi connectivity index (χ4v) is 1.50. The van der Waals surface area contributed by atoms with Gasteiger partial charge in [0, 0.05) is 3.57 Å². The van der Waals surface area contributed by atoms with Gasteiger partial charge in [-0.05, 0) is 41.6 Å². The van der Waals surface area contributed by atoms with Crippen molar-refractivity contribution in [2.24, 2.45) is 0 Å². The van der Waals surface area contributed by atoms with Crippen molar-refractivity contribution in [2.75, 3.05) is 0 Å². The van der Waals surface area contributed by atoms with Gasteiger partial charge < -0.3 is 5.11 Å². The van der Waals surface area contributed by atoms with E-state index in [2.05, 4.69) is 0 Å². The van der Waals surface area contributed by atoms with E-state index < -0.39 is 17.7 Å². The van der Waals surface area contributed by atoms with Gasteiger partial charge in [0.15, 0.2) is 0 Å². The van der Waals surface area contributed by atoms with Crippen LogP contribution in [0.3, 0.4) is 0 Å². The van der Waals surface area contributed by atoms with Crippen LogP contribution in [-0.4, -0.2) is 5.11 Å². The quantitative estimate of drug-likeness (QED) is 0.786. The number of hydrogen-bond donors (Lipinski definition) is 1. The van der Waals surface area contributed by atoms with Crippen LogP contribution in [0.4, 0.5) is 8.78 Å². The minimum Gasteiger partial charge on any atom is -0.388 e. The highest BCUT2D eigenvalue weighted by Crippen LogP contribution is 2.22. The van der Waals surface area contributed by atoms with Crippen LogP contribution in [0.1, 0.15) is 18.6 Å². The lowest BCUT2D eigenvalue weighted by Gasteiger charge is -2.07. The summed E-state index contributed by atoms with van der Waals surface area (Å²) in [6.07, 6.45) is -1.11. The van der Waals surface area contributed by atoms with Crippen molar-refractivity contribution in [2.45, 2.75) is 13.0 Å². The first kappa shape index (κ1) is 9.85. The highest BCUT2D eigenvalue weighted by molar-refractivity contribution is 14.1. The van der Waals surface area contributed by atoms with Gasteiger partial charge in [-0.15, -0.1) is 0 Å². The second-order valence-electron chi connectivity index (χ2n) is 2.46. The van der Waals surface area contributed by atoms with Gasteiger partial charge in [-0.2, -0.15) is 0 Å². The van der Waals surface area contributed by atoms with E-state index in [0.29, 0.717) is 3.57 Å². The maximum absolute atomic E-state index is 13.0. The lowest BCUT2D eigenvalue weighted by molar-refractivity contribution is 0.188. The van der Waals surface area contributed by atoms with Crippen LogP contribution in [-0.2, 0) is 0 Å². The molecule has 1 aromatic rings. The first-order valence-electron chi connectivity index (χ1n) is 3.35. The Balaban J connectivity index is 3.28. The highest BCUT2D eigenvalue weighted by atomic mass is 127. The van der Waals surface area contributed by atoms with Crippen molar-refractivity contribution < 1.29 is 13.9 Å². The van der Waals surface area contributed by atoms with Crippen molar-refractivity contribution in [3.05, 3.63) is 32.9 Å². The SMILES string of the molecule is CC(O)c1c(F)cc(I)cc1F. The van der Waals surface area contributed by atoms with Crippen LogP contribution >= 0.6 is 22.6 Å². The Bertz CT molecular complexity index is 276. The maximum atomic E-state index is 13.0. The summed E-state index contributed by atoms with van der Waals surface area (Å²) in [7, 11) is 0. The Kier molecular flexibility index (Phi) is 3.00. The highest BCUT2D eigenvalue weighted by Gasteiger charge is 2.14. The topological polar surface area (TPSA) is 20.2 Å². The van der Waals surface area contributed by atoms with Gasteiger partial charge in [0.05, 0.1) is 11.7 Å². The van der Waals surface area contributed by atoms with Gasteiger partial charge in [0.1, 0.15) is 11.6 Å². The molecule has 1 rings (SSSR count). The summed E-state index contributed by atoms with van der Waals surface area (Å²) in [6, 6.07) is 2.37. The molecule has 1 atom stereocenters. The second-order valence-corrected chi connectivity index (χ2v) is 3.70. The molecule has 1 unspecified atom stereocenters. The summed E-state index contributed by atoms with van der Waals surface area (Å²) < 4.78 is 26.4. The molecule has 0 bridgehead atoms. The molecule has 12 heavy (non-hydrogen) atoms. The average molecular weight is 284 g/mol. The monoisotopic (exact) mass is 284 g/mol. The van der Waals surface area contributed by atoms with Gasteiger partial charge >= 0.3 is 0 Å². The van der Waals surface area contributed by atoms with E-state index in [-0.39, 0.29) is 5.56 Å². The van der Waals surface area contributed by atoms with E-state index in [1.54, 1.807) is 0 Å². The van der Waals surface area contributed by atoms with Gasteiger partial charge in [-0.25, -0.2) is 8.78 Å². The van der Waals surface area contributed by atoms with Gasteiger partial charge in [0.25, 0.3) is 0 Å². The Labute approximate surface area is 82.5 Å². The summed E-state index contributed by atoms with van der Waals surface area (Å²) in [5.41, 5.74) is -0.268. The third kappa shape index (κ3) is 1.92. The van der Waals surface area contributed by atoms with Crippen molar-refractivity contribution in [1.29, 1.82) is 0 Å². The lowest BCUT2D eigenvalue weighted by Crippen LogP contribution is -2.00. The number of aliphatic hydroxyl groups is 1. The van der Waals surface area contributed by atoms with Crippen LogP contribution in [0.2, 0.25) is 0 Å². The zero-order chi connectivity index (χ0) is 9.30. The molecule has 4 heteroatoms. The smallest absolute Gasteiger partial charge is 0.132 e. The Hall–Kier alpha value is -0.230. The van der Waals surface area contributed by atoms with E-state index in [1.165, 1.54) is 19.1 Å². The van der Waals surface area contributed by atoms with Crippen molar-refractivity contribution in [1.82, 2.24) is 0 Å². The third-order valence-electron chi connectivity index (χ3n) is 1.46. The van der Waals surface area contributed by atoms with Crippen LogP contribution in [0.25, 0.3) is 0 Å². The van der Waals surface area contributed by atoms with Crippen molar-refractivity contribution in [3.63, 3.8) is 0 Å². The number of halogens is 3. The molecule has 0 aliphatic heterocycles. The molecule has 0 radical (unpaired) electrons. The molecule has 66 valence electrons. The summed E-state index contributed by atoms with van der Waals surface area (Å²) in [4.78, 5) is 0. The van der Waals surface area contributed by atoms with Gasteiger partial charge in [-0.1, -0.05) is 0 Å². The Morgan fingerprint density at radius 2 is 1.75 bits per heavy atom. The lowest BCUT2D eigenvalue weighted by atomic mass is 10.1. The zero-order valence-corrected chi connectivity index (χ0v) is 8.47. The number of aliphatic hydroxyl groups excluding tert-OH is 1. The molecule has 0 aromatic heterocycles. The van der Waals surface area contributed by atoms with E-state index in [9.17, 15) is 8.78 Å². The normalized spacial score (nSPS) is 13.1. The van der Waals surface area contributed by atoms with E-state index in [0.717, 1.165) is 0 Å². The fraction of sp³-hybridized carbons (Fsp3) is 0.250. The van der Waals surface area contributed by atoms with E-state index >= 15 is 0 Å². The molecule has 0 fully saturated rings. The predicted molar refractivity (Wildman–Crippen MR) is 49.7 cm³/mol. The van der Waals surface area contributed by atoms with E-state index in [1.807, 2.05) is 22.6 Å². The maximum Gasteiger partial charge on any atom is 0.132 e. The zero-order valence-electron chi connectivity index (χ0n) is 6.31. The molecule has 0 aliphatic carbocycles. The second kappa shape index (κ2) is 3.66. The van der Waals surface area contributed by atoms with Crippen LogP contribution in [0.15, 0.2) is 12.1 Å². The Morgan fingerprint density at radius 1 is 1.33 bits per heavy atom. The van der Waals surface area contributed by atoms with Crippen molar-refractivity contribution >= 4 is 22.6 Å². The molecule has 1 aromatic carbocycles. The molecule has 1 nitrogen and oxygen atoms in total. The van der Waals surface area contributed by atoms with Gasteiger partial charge in [-0.3, -0.25) is 0 Å². The minimum atomic E-state index is -1.11. The first-order valence-corrected chi connectivity index (χ1v) is 4.42. The summed E-state index contributed by atoms with van der Waals surface area (Å²) in [6.45, 7) is 1.33. The molecule has 0 saturated carbocycles. The molecular formula is C8H7F2IO. The molecule has 0 amide bonds. The van der Waals surface area contributed by atoms with Crippen molar-refractivity contribution in [3.8, 4) is 0 Å². The minimum absolute atomic E-state index is 0.268. The fourth-order valence-electron chi connectivity index (χ4n) is 0.952. The molecule has 1 N–H and O–H groups in total. The van der Waals surface area contributed by atoms with Crippen LogP contribution < -0.4 is 0 Å². The molecule has 0 aliphatic rings. The first-order chi connectivity index (χ1) is 5.52. The third-order valence-corrected chi connectivity index (χ3v) is 2.08. The molecule has 0 heterocycles. The predicted octanol–water partition coefficient (Wildman–Crippen LogP) is 2.62. The molecule has 0 saturated heterocycles. The molecule has 0 spiro atoms. The number of hydrogen-bond acceptors (Lipinski definition) is 1. The summed E-state index contributed by atoms with van der Waals surface area (Å²) in [5, 5.41) is 8.99. The van der Waals surface area contributed by atoms with Crippen LogP contribution in [0, 0.1) is 15.2 Å². The molecular weight excluding hydrogens is 277 g/mol. The standard InChI is InChI=1S/C8H7F2IO/c1-4(12)8-6(9)2-5(11)3-7(8)10/h2-4,12H,1H3. The average Bonchev–Trinajstić information content (AvgIpc) is 1.82. The number of rotatable bonds is 1. The largest absolute Gasteiger partial charge is 0.388 e. The summed E-state index contributed by atoms with van der Waals surface area (Å²) in [5.74, 6) is -1.40. The van der Waals surface area contributed by atoms with E-state index in [4.69, 9.17) is 5.11 Å². The van der Waals surface area contributed by atoms with Gasteiger partial charge in [0.2, 0.25) is 0 Å². The summed E-state index contributed by atoms with van der Waals surface area (Å²) >= 11 is 1.81. The van der Waals surface area contributed by atoms with Crippen LogP contribution in [0.5, 0.6) is 0 Å². The Morgan fingerprint density at radius 3 is 2.08 bits per heavy atom.